The molecule has 0 saturated carbocycles. The van der Waals surface area contributed by atoms with Crippen molar-refractivity contribution < 1.29 is 9.53 Å². The normalized spacial score (nSPS) is 18.9. The number of amides is 1. The number of aromatic nitrogens is 1. The molecule has 98 valence electrons. The molecule has 1 aliphatic heterocycles. The summed E-state index contributed by atoms with van der Waals surface area (Å²) in [6, 6.07) is 3.35. The van der Waals surface area contributed by atoms with Gasteiger partial charge in [0.25, 0.3) is 5.91 Å². The van der Waals surface area contributed by atoms with Crippen LogP contribution in [0, 0.1) is 5.92 Å². The molecule has 1 aliphatic rings. The predicted molar refractivity (Wildman–Crippen MR) is 69.8 cm³/mol. The molecule has 2 heterocycles. The maximum Gasteiger partial charge on any atom is 0.255 e. The van der Waals surface area contributed by atoms with Crippen molar-refractivity contribution in [3.63, 3.8) is 0 Å². The van der Waals surface area contributed by atoms with Gasteiger partial charge < -0.3 is 9.64 Å². The monoisotopic (exact) mass is 268 g/mol. The summed E-state index contributed by atoms with van der Waals surface area (Å²) < 4.78 is 5.34. The predicted octanol–water partition coefficient (Wildman–Crippen LogP) is 2.23. The Hall–Kier alpha value is -1.13. The van der Waals surface area contributed by atoms with Crippen LogP contribution >= 0.6 is 11.6 Å². The third-order valence-electron chi connectivity index (χ3n) is 3.15. The van der Waals surface area contributed by atoms with Crippen LogP contribution in [0.2, 0.25) is 5.15 Å². The molecule has 0 aromatic carbocycles. The SMILES string of the molecule is CCN(CC1CCOC1)C(=O)c1ccc(Cl)nc1. The highest BCUT2D eigenvalue weighted by molar-refractivity contribution is 6.29. The topological polar surface area (TPSA) is 42.4 Å². The summed E-state index contributed by atoms with van der Waals surface area (Å²) in [5.74, 6) is 0.461. The lowest BCUT2D eigenvalue weighted by Crippen LogP contribution is -2.35. The van der Waals surface area contributed by atoms with E-state index in [1.165, 1.54) is 6.20 Å². The summed E-state index contributed by atoms with van der Waals surface area (Å²) in [5, 5.41) is 0.402. The average Bonchev–Trinajstić information content (AvgIpc) is 2.89. The molecule has 0 N–H and O–H groups in total. The van der Waals surface area contributed by atoms with Gasteiger partial charge in [-0.05, 0) is 25.5 Å². The molecule has 5 heteroatoms. The molecule has 0 aliphatic carbocycles. The summed E-state index contributed by atoms with van der Waals surface area (Å²) in [7, 11) is 0. The van der Waals surface area contributed by atoms with Crippen LogP contribution < -0.4 is 0 Å². The first-order valence-corrected chi connectivity index (χ1v) is 6.57. The summed E-state index contributed by atoms with van der Waals surface area (Å²) in [6.45, 7) is 4.98. The van der Waals surface area contributed by atoms with Crippen molar-refractivity contribution >= 4 is 17.5 Å². The van der Waals surface area contributed by atoms with E-state index in [1.807, 2.05) is 11.8 Å². The van der Waals surface area contributed by atoms with Crippen molar-refractivity contribution in [1.82, 2.24) is 9.88 Å². The number of pyridine rings is 1. The second kappa shape index (κ2) is 6.16. The third kappa shape index (κ3) is 3.21. The van der Waals surface area contributed by atoms with Gasteiger partial charge in [0.05, 0.1) is 12.2 Å². The smallest absolute Gasteiger partial charge is 0.255 e. The van der Waals surface area contributed by atoms with Gasteiger partial charge >= 0.3 is 0 Å². The van der Waals surface area contributed by atoms with E-state index < -0.39 is 0 Å². The van der Waals surface area contributed by atoms with Crippen molar-refractivity contribution in [3.8, 4) is 0 Å². The van der Waals surface area contributed by atoms with E-state index in [-0.39, 0.29) is 5.91 Å². The van der Waals surface area contributed by atoms with Crippen LogP contribution in [-0.4, -0.2) is 42.1 Å². The molecule has 1 fully saturated rings. The van der Waals surface area contributed by atoms with Crippen molar-refractivity contribution in [2.24, 2.45) is 5.92 Å². The van der Waals surface area contributed by atoms with Gasteiger partial charge in [-0.25, -0.2) is 4.98 Å². The van der Waals surface area contributed by atoms with Crippen molar-refractivity contribution in [2.45, 2.75) is 13.3 Å². The minimum atomic E-state index is 0.00793. The first-order chi connectivity index (χ1) is 8.70. The van der Waals surface area contributed by atoms with Gasteiger partial charge in [-0.3, -0.25) is 4.79 Å². The van der Waals surface area contributed by atoms with E-state index in [0.29, 0.717) is 23.2 Å². The fourth-order valence-corrected chi connectivity index (χ4v) is 2.19. The molecule has 18 heavy (non-hydrogen) atoms. The Bertz CT molecular complexity index is 402. The lowest BCUT2D eigenvalue weighted by atomic mass is 10.1. The highest BCUT2D eigenvalue weighted by Crippen LogP contribution is 2.16. The van der Waals surface area contributed by atoms with Crippen LogP contribution in [-0.2, 0) is 4.74 Å². The van der Waals surface area contributed by atoms with Crippen LogP contribution in [0.5, 0.6) is 0 Å². The maximum absolute atomic E-state index is 12.3. The summed E-state index contributed by atoms with van der Waals surface area (Å²) >= 11 is 5.71. The summed E-state index contributed by atoms with van der Waals surface area (Å²) in [6.07, 6.45) is 2.56. The molecule has 0 spiro atoms. The second-order valence-electron chi connectivity index (χ2n) is 4.44. The van der Waals surface area contributed by atoms with E-state index in [9.17, 15) is 4.79 Å². The van der Waals surface area contributed by atoms with E-state index in [0.717, 1.165) is 26.2 Å². The van der Waals surface area contributed by atoms with Crippen LogP contribution in [0.1, 0.15) is 23.7 Å². The lowest BCUT2D eigenvalue weighted by Gasteiger charge is -2.23. The van der Waals surface area contributed by atoms with Crippen molar-refractivity contribution in [1.29, 1.82) is 0 Å². The molecule has 1 atom stereocenters. The van der Waals surface area contributed by atoms with E-state index in [2.05, 4.69) is 4.98 Å². The van der Waals surface area contributed by atoms with Crippen LogP contribution in [0.25, 0.3) is 0 Å². The van der Waals surface area contributed by atoms with Gasteiger partial charge in [-0.1, -0.05) is 11.6 Å². The second-order valence-corrected chi connectivity index (χ2v) is 4.83. The highest BCUT2D eigenvalue weighted by atomic mass is 35.5. The van der Waals surface area contributed by atoms with Gasteiger partial charge in [0.2, 0.25) is 0 Å². The molecule has 4 nitrogen and oxygen atoms in total. The Balaban J connectivity index is 2.02. The van der Waals surface area contributed by atoms with Crippen molar-refractivity contribution in [3.05, 3.63) is 29.0 Å². The molecule has 1 aromatic rings. The molecule has 1 saturated heterocycles. The fourth-order valence-electron chi connectivity index (χ4n) is 2.08. The van der Waals surface area contributed by atoms with E-state index >= 15 is 0 Å². The molecule has 0 bridgehead atoms. The number of ether oxygens (including phenoxy) is 1. The van der Waals surface area contributed by atoms with Gasteiger partial charge in [-0.2, -0.15) is 0 Å². The highest BCUT2D eigenvalue weighted by Gasteiger charge is 2.22. The zero-order chi connectivity index (χ0) is 13.0. The number of rotatable bonds is 4. The van der Waals surface area contributed by atoms with E-state index in [4.69, 9.17) is 16.3 Å². The van der Waals surface area contributed by atoms with Gasteiger partial charge in [0, 0.05) is 31.8 Å². The zero-order valence-electron chi connectivity index (χ0n) is 10.4. The molecule has 0 radical (unpaired) electrons. The Labute approximate surface area is 112 Å². The van der Waals surface area contributed by atoms with Gasteiger partial charge in [0.15, 0.2) is 0 Å². The molecule has 1 amide bonds. The Kier molecular flexibility index (Phi) is 4.55. The Morgan fingerprint density at radius 2 is 2.44 bits per heavy atom. The zero-order valence-corrected chi connectivity index (χ0v) is 11.2. The van der Waals surface area contributed by atoms with Gasteiger partial charge in [-0.15, -0.1) is 0 Å². The first kappa shape index (κ1) is 13.3. The largest absolute Gasteiger partial charge is 0.381 e. The van der Waals surface area contributed by atoms with E-state index in [1.54, 1.807) is 12.1 Å². The number of hydrogen-bond acceptors (Lipinski definition) is 3. The van der Waals surface area contributed by atoms with Crippen molar-refractivity contribution in [2.75, 3.05) is 26.3 Å². The minimum absolute atomic E-state index is 0.00793. The minimum Gasteiger partial charge on any atom is -0.381 e. The number of halogens is 1. The Morgan fingerprint density at radius 3 is 3.00 bits per heavy atom. The average molecular weight is 269 g/mol. The van der Waals surface area contributed by atoms with Crippen LogP contribution in [0.15, 0.2) is 18.3 Å². The maximum atomic E-state index is 12.3. The number of hydrogen-bond donors (Lipinski definition) is 0. The molecule has 2 rings (SSSR count). The number of nitrogens with zero attached hydrogens (tertiary/aromatic N) is 2. The van der Waals surface area contributed by atoms with Crippen LogP contribution in [0.3, 0.4) is 0 Å². The molecule has 1 unspecified atom stereocenters. The fraction of sp³-hybridized carbons (Fsp3) is 0.538. The van der Waals surface area contributed by atoms with Gasteiger partial charge in [0.1, 0.15) is 5.15 Å². The number of carbonyl (C=O) groups excluding carboxylic acids is 1. The van der Waals surface area contributed by atoms with Crippen LogP contribution in [0.4, 0.5) is 0 Å². The quantitative estimate of drug-likeness (QED) is 0.787. The number of carbonyl (C=O) groups is 1. The standard InChI is InChI=1S/C13H17ClN2O2/c1-2-16(8-10-5-6-18-9-10)13(17)11-3-4-12(14)15-7-11/h3-4,7,10H,2,5-6,8-9H2,1H3. The first-order valence-electron chi connectivity index (χ1n) is 6.19. The summed E-state index contributed by atoms with van der Waals surface area (Å²) in [5.41, 5.74) is 0.583. The lowest BCUT2D eigenvalue weighted by molar-refractivity contribution is 0.0730. The molecule has 1 aromatic heterocycles. The molecular formula is C13H17ClN2O2. The molecular weight excluding hydrogens is 252 g/mol. The summed E-state index contributed by atoms with van der Waals surface area (Å²) in [4.78, 5) is 18.1. The Morgan fingerprint density at radius 1 is 1.61 bits per heavy atom. The third-order valence-corrected chi connectivity index (χ3v) is 3.37.